The summed E-state index contributed by atoms with van der Waals surface area (Å²) >= 11 is 1.53. The van der Waals surface area contributed by atoms with Crippen LogP contribution in [-0.4, -0.2) is 16.2 Å². The van der Waals surface area contributed by atoms with Crippen molar-refractivity contribution < 1.29 is 0 Å². The molecule has 0 aromatic carbocycles. The highest BCUT2D eigenvalue weighted by Crippen LogP contribution is 2.09. The highest BCUT2D eigenvalue weighted by Gasteiger charge is 1.89. The normalized spacial score (nSPS) is 9.44. The van der Waals surface area contributed by atoms with Crippen molar-refractivity contribution in [2.24, 2.45) is 0 Å². The highest BCUT2D eigenvalue weighted by atomic mass is 32.2. The molecule has 0 bridgehead atoms. The third-order valence-electron chi connectivity index (χ3n) is 0.840. The molecule has 0 fully saturated rings. The Bertz CT molecular complexity index is 201. The molecule has 0 aliphatic rings. The molecule has 0 aliphatic carbocycles. The first-order valence-electron chi connectivity index (χ1n) is 2.44. The Morgan fingerprint density at radius 1 is 1.56 bits per heavy atom. The van der Waals surface area contributed by atoms with E-state index in [1.54, 1.807) is 6.20 Å². The lowest BCUT2D eigenvalue weighted by atomic mass is 10.7. The van der Waals surface area contributed by atoms with Gasteiger partial charge < -0.3 is 5.73 Å². The summed E-state index contributed by atoms with van der Waals surface area (Å²) in [6.45, 7) is 0. The van der Waals surface area contributed by atoms with E-state index in [0.717, 1.165) is 5.03 Å². The zero-order chi connectivity index (χ0) is 6.69. The van der Waals surface area contributed by atoms with Crippen molar-refractivity contribution in [3.05, 3.63) is 12.4 Å². The summed E-state index contributed by atoms with van der Waals surface area (Å²) in [7, 11) is 0. The van der Waals surface area contributed by atoms with Gasteiger partial charge >= 0.3 is 0 Å². The van der Waals surface area contributed by atoms with Gasteiger partial charge in [-0.25, -0.2) is 4.98 Å². The van der Waals surface area contributed by atoms with E-state index in [-0.39, 0.29) is 0 Å². The summed E-state index contributed by atoms with van der Waals surface area (Å²) < 4.78 is 0. The van der Waals surface area contributed by atoms with Crippen molar-refractivity contribution in [1.29, 1.82) is 0 Å². The van der Waals surface area contributed by atoms with Crippen molar-refractivity contribution in [2.45, 2.75) is 5.03 Å². The van der Waals surface area contributed by atoms with Crippen LogP contribution in [0.5, 0.6) is 0 Å². The quantitative estimate of drug-likeness (QED) is 0.587. The van der Waals surface area contributed by atoms with E-state index >= 15 is 0 Å². The summed E-state index contributed by atoms with van der Waals surface area (Å²) in [5.41, 5.74) is 5.35. The van der Waals surface area contributed by atoms with Crippen LogP contribution in [0.3, 0.4) is 0 Å². The number of nitrogens with two attached hydrogens (primary N) is 1. The van der Waals surface area contributed by atoms with Crippen molar-refractivity contribution >= 4 is 17.6 Å². The average molecular weight is 141 g/mol. The molecule has 1 heterocycles. The van der Waals surface area contributed by atoms with Crippen LogP contribution in [0.1, 0.15) is 0 Å². The molecule has 0 aliphatic heterocycles. The topological polar surface area (TPSA) is 51.8 Å². The first-order valence-corrected chi connectivity index (χ1v) is 3.67. The number of rotatable bonds is 1. The van der Waals surface area contributed by atoms with Crippen LogP contribution in [0.4, 0.5) is 5.82 Å². The van der Waals surface area contributed by atoms with Crippen LogP contribution in [-0.2, 0) is 0 Å². The monoisotopic (exact) mass is 141 g/mol. The third-order valence-corrected chi connectivity index (χ3v) is 1.46. The number of thioether (sulfide) groups is 1. The molecule has 4 heteroatoms. The lowest BCUT2D eigenvalue weighted by molar-refractivity contribution is 1.07. The number of aromatic nitrogens is 2. The van der Waals surface area contributed by atoms with Gasteiger partial charge in [0.25, 0.3) is 0 Å². The van der Waals surface area contributed by atoms with Gasteiger partial charge in [-0.2, -0.15) is 0 Å². The zero-order valence-electron chi connectivity index (χ0n) is 5.03. The minimum atomic E-state index is 0.474. The molecule has 1 aromatic rings. The predicted molar refractivity (Wildman–Crippen MR) is 38.2 cm³/mol. The van der Waals surface area contributed by atoms with Gasteiger partial charge in [-0.3, -0.25) is 4.98 Å². The van der Waals surface area contributed by atoms with Crippen molar-refractivity contribution in [1.82, 2.24) is 9.97 Å². The fraction of sp³-hybridized carbons (Fsp3) is 0.200. The molecule has 0 unspecified atom stereocenters. The molecule has 48 valence electrons. The van der Waals surface area contributed by atoms with Crippen LogP contribution < -0.4 is 5.73 Å². The van der Waals surface area contributed by atoms with E-state index in [1.165, 1.54) is 18.0 Å². The fourth-order valence-electron chi connectivity index (χ4n) is 0.461. The zero-order valence-corrected chi connectivity index (χ0v) is 5.85. The minimum absolute atomic E-state index is 0.474. The predicted octanol–water partition coefficient (Wildman–Crippen LogP) is 0.781. The highest BCUT2D eigenvalue weighted by molar-refractivity contribution is 7.98. The lowest BCUT2D eigenvalue weighted by Crippen LogP contribution is -1.91. The maximum absolute atomic E-state index is 5.35. The lowest BCUT2D eigenvalue weighted by Gasteiger charge is -1.93. The molecule has 0 spiro atoms. The van der Waals surface area contributed by atoms with Gasteiger partial charge in [0, 0.05) is 0 Å². The van der Waals surface area contributed by atoms with Crippen LogP contribution >= 0.6 is 11.8 Å². The summed E-state index contributed by atoms with van der Waals surface area (Å²) in [6.07, 6.45) is 5.14. The summed E-state index contributed by atoms with van der Waals surface area (Å²) in [4.78, 5) is 7.82. The largest absolute Gasteiger partial charge is 0.382 e. The van der Waals surface area contributed by atoms with Gasteiger partial charge in [0.2, 0.25) is 0 Å². The van der Waals surface area contributed by atoms with E-state index in [1.807, 2.05) is 6.26 Å². The second-order valence-electron chi connectivity index (χ2n) is 1.49. The standard InChI is InChI=1S/C5H7N3S/c1-9-5-3-7-2-4(6)8-5/h2-3H,1H3,(H2,6,8). The Kier molecular flexibility index (Phi) is 1.89. The second-order valence-corrected chi connectivity index (χ2v) is 2.31. The van der Waals surface area contributed by atoms with Gasteiger partial charge in [-0.15, -0.1) is 11.8 Å². The summed E-state index contributed by atoms with van der Waals surface area (Å²) in [5.74, 6) is 0.474. The van der Waals surface area contributed by atoms with Crippen molar-refractivity contribution in [3.63, 3.8) is 0 Å². The molecular formula is C5H7N3S. The first-order chi connectivity index (χ1) is 4.33. The average Bonchev–Trinajstić information content (AvgIpc) is 1.88. The Balaban J connectivity index is 2.94. The molecule has 9 heavy (non-hydrogen) atoms. The van der Waals surface area contributed by atoms with Gasteiger partial charge in [0.15, 0.2) is 0 Å². The Labute approximate surface area is 57.7 Å². The van der Waals surface area contributed by atoms with E-state index < -0.39 is 0 Å². The van der Waals surface area contributed by atoms with Gasteiger partial charge in [0.05, 0.1) is 12.4 Å². The summed E-state index contributed by atoms with van der Waals surface area (Å²) in [5, 5.41) is 0.856. The smallest absolute Gasteiger partial charge is 0.143 e. The van der Waals surface area contributed by atoms with Crippen molar-refractivity contribution in [3.8, 4) is 0 Å². The first kappa shape index (κ1) is 6.35. The molecule has 2 N–H and O–H groups in total. The van der Waals surface area contributed by atoms with Crippen molar-refractivity contribution in [2.75, 3.05) is 12.0 Å². The molecular weight excluding hydrogens is 134 g/mol. The van der Waals surface area contributed by atoms with Crippen LogP contribution in [0.2, 0.25) is 0 Å². The minimum Gasteiger partial charge on any atom is -0.382 e. The molecule has 0 saturated carbocycles. The van der Waals surface area contributed by atoms with E-state index in [4.69, 9.17) is 5.73 Å². The van der Waals surface area contributed by atoms with Gasteiger partial charge in [0.1, 0.15) is 10.8 Å². The number of nitrogen functional groups attached to an aromatic ring is 1. The maximum Gasteiger partial charge on any atom is 0.143 e. The Hall–Kier alpha value is -0.770. The van der Waals surface area contributed by atoms with Crippen LogP contribution in [0, 0.1) is 0 Å². The molecule has 0 saturated heterocycles. The Morgan fingerprint density at radius 3 is 2.78 bits per heavy atom. The van der Waals surface area contributed by atoms with E-state index in [2.05, 4.69) is 9.97 Å². The SMILES string of the molecule is CSc1cncc(N)n1. The Morgan fingerprint density at radius 2 is 2.33 bits per heavy atom. The molecule has 0 amide bonds. The number of hydrogen-bond acceptors (Lipinski definition) is 4. The van der Waals surface area contributed by atoms with Gasteiger partial charge in [-0.05, 0) is 6.26 Å². The number of anilines is 1. The molecule has 0 radical (unpaired) electrons. The maximum atomic E-state index is 5.35. The second kappa shape index (κ2) is 2.68. The summed E-state index contributed by atoms with van der Waals surface area (Å²) in [6, 6.07) is 0. The van der Waals surface area contributed by atoms with Crippen LogP contribution in [0.25, 0.3) is 0 Å². The molecule has 1 rings (SSSR count). The molecule has 3 nitrogen and oxygen atoms in total. The third kappa shape index (κ3) is 1.57. The van der Waals surface area contributed by atoms with Crippen LogP contribution in [0.15, 0.2) is 17.4 Å². The molecule has 1 aromatic heterocycles. The van der Waals surface area contributed by atoms with E-state index in [0.29, 0.717) is 5.82 Å². The number of nitrogens with zero attached hydrogens (tertiary/aromatic N) is 2. The van der Waals surface area contributed by atoms with Gasteiger partial charge in [-0.1, -0.05) is 0 Å². The van der Waals surface area contributed by atoms with E-state index in [9.17, 15) is 0 Å². The number of hydrogen-bond donors (Lipinski definition) is 1. The fourth-order valence-corrected chi connectivity index (χ4v) is 0.824. The molecule has 0 atom stereocenters.